The van der Waals surface area contributed by atoms with E-state index in [9.17, 15) is 18.3 Å². The Morgan fingerprint density at radius 1 is 1.57 bits per heavy atom. The number of sulfone groups is 1. The number of quaternary nitrogens is 1. The highest BCUT2D eigenvalue weighted by Gasteiger charge is 2.40. The van der Waals surface area contributed by atoms with E-state index in [0.717, 1.165) is 0 Å². The van der Waals surface area contributed by atoms with Gasteiger partial charge in [0, 0.05) is 7.11 Å². The van der Waals surface area contributed by atoms with Crippen molar-refractivity contribution in [1.29, 1.82) is 0 Å². The van der Waals surface area contributed by atoms with E-state index in [-0.39, 0.29) is 24.1 Å². The number of hydrogen-bond acceptors (Lipinski definition) is 5. The molecule has 1 saturated heterocycles. The molecule has 0 radical (unpaired) electrons. The third-order valence-electron chi connectivity index (χ3n) is 2.23. The van der Waals surface area contributed by atoms with Gasteiger partial charge in [-0.1, -0.05) is 0 Å². The third-order valence-corrected chi connectivity index (χ3v) is 3.96. The summed E-state index contributed by atoms with van der Waals surface area (Å²) < 4.78 is 27.4. The summed E-state index contributed by atoms with van der Waals surface area (Å²) in [4.78, 5) is 10.2. The first-order valence-corrected chi connectivity index (χ1v) is 6.03. The minimum atomic E-state index is -3.07. The zero-order valence-electron chi connectivity index (χ0n) is 7.80. The molecule has 82 valence electrons. The first kappa shape index (κ1) is 11.4. The SMILES string of the molecule is CO[C@H]1CS(=O)(=O)C[C@@H]1[NH2+]CC(=O)[O-]. The van der Waals surface area contributed by atoms with Crippen LogP contribution in [0.15, 0.2) is 0 Å². The van der Waals surface area contributed by atoms with Gasteiger partial charge in [0.15, 0.2) is 9.84 Å². The molecule has 1 aliphatic heterocycles. The molecule has 1 aliphatic rings. The highest BCUT2D eigenvalue weighted by atomic mass is 32.2. The van der Waals surface area contributed by atoms with E-state index in [1.165, 1.54) is 12.4 Å². The van der Waals surface area contributed by atoms with Crippen LogP contribution in [-0.2, 0) is 19.4 Å². The second kappa shape index (κ2) is 4.24. The first-order chi connectivity index (χ1) is 6.44. The molecule has 0 amide bonds. The summed E-state index contributed by atoms with van der Waals surface area (Å²) in [5, 5.41) is 11.6. The highest BCUT2D eigenvalue weighted by molar-refractivity contribution is 7.91. The zero-order valence-corrected chi connectivity index (χ0v) is 8.62. The van der Waals surface area contributed by atoms with Crippen molar-refractivity contribution >= 4 is 15.8 Å². The molecule has 0 aromatic carbocycles. The molecule has 0 spiro atoms. The van der Waals surface area contributed by atoms with Gasteiger partial charge >= 0.3 is 0 Å². The van der Waals surface area contributed by atoms with Crippen LogP contribution in [0, 0.1) is 0 Å². The Morgan fingerprint density at radius 3 is 2.71 bits per heavy atom. The van der Waals surface area contributed by atoms with Gasteiger partial charge < -0.3 is 20.0 Å². The maximum absolute atomic E-state index is 11.2. The summed E-state index contributed by atoms with van der Waals surface area (Å²) in [6, 6.07) is -0.331. The van der Waals surface area contributed by atoms with E-state index in [2.05, 4.69) is 0 Å². The number of methoxy groups -OCH3 is 1. The fourth-order valence-corrected chi connectivity index (χ4v) is 3.51. The molecular weight excluding hydrogens is 210 g/mol. The summed E-state index contributed by atoms with van der Waals surface area (Å²) in [7, 11) is -1.65. The van der Waals surface area contributed by atoms with Gasteiger partial charge in [0.2, 0.25) is 0 Å². The van der Waals surface area contributed by atoms with Crippen LogP contribution in [-0.4, -0.2) is 51.7 Å². The number of rotatable bonds is 4. The van der Waals surface area contributed by atoms with E-state index in [1.807, 2.05) is 0 Å². The quantitative estimate of drug-likeness (QED) is 0.525. The lowest BCUT2D eigenvalue weighted by Gasteiger charge is -2.14. The van der Waals surface area contributed by atoms with Gasteiger partial charge in [-0.15, -0.1) is 0 Å². The largest absolute Gasteiger partial charge is 0.544 e. The van der Waals surface area contributed by atoms with Crippen molar-refractivity contribution in [3.8, 4) is 0 Å². The molecule has 2 atom stereocenters. The topological polar surface area (TPSA) is 100 Å². The van der Waals surface area contributed by atoms with Gasteiger partial charge in [-0.3, -0.25) is 0 Å². The van der Waals surface area contributed by atoms with Gasteiger partial charge in [0.25, 0.3) is 0 Å². The molecule has 1 heterocycles. The number of ether oxygens (including phenoxy) is 1. The fourth-order valence-electron chi connectivity index (χ4n) is 1.55. The first-order valence-electron chi connectivity index (χ1n) is 4.21. The Kier molecular flexibility index (Phi) is 3.46. The number of carbonyl (C=O) groups is 1. The monoisotopic (exact) mass is 223 g/mol. The van der Waals surface area contributed by atoms with Gasteiger partial charge in [-0.05, 0) is 0 Å². The minimum absolute atomic E-state index is 0.0290. The van der Waals surface area contributed by atoms with Crippen LogP contribution in [0.25, 0.3) is 0 Å². The van der Waals surface area contributed by atoms with E-state index >= 15 is 0 Å². The summed E-state index contributed by atoms with van der Waals surface area (Å²) in [6.07, 6.45) is -0.417. The normalized spacial score (nSPS) is 30.4. The lowest BCUT2D eigenvalue weighted by Crippen LogP contribution is -2.94. The Balaban J connectivity index is 2.55. The molecule has 0 unspecified atom stereocenters. The average Bonchev–Trinajstić information content (AvgIpc) is 2.37. The second-order valence-corrected chi connectivity index (χ2v) is 5.48. The zero-order chi connectivity index (χ0) is 10.8. The molecule has 7 heteroatoms. The molecule has 2 N–H and O–H groups in total. The molecule has 0 bridgehead atoms. The Labute approximate surface area is 82.2 Å². The van der Waals surface area contributed by atoms with Crippen LogP contribution in [0.2, 0.25) is 0 Å². The van der Waals surface area contributed by atoms with E-state index in [0.29, 0.717) is 0 Å². The predicted octanol–water partition coefficient (Wildman–Crippen LogP) is -3.89. The maximum Gasteiger partial charge on any atom is 0.159 e. The number of carboxylic acids is 1. The minimum Gasteiger partial charge on any atom is -0.544 e. The summed E-state index contributed by atoms with van der Waals surface area (Å²) in [5.41, 5.74) is 0. The smallest absolute Gasteiger partial charge is 0.159 e. The molecule has 1 rings (SSSR count). The van der Waals surface area contributed by atoms with E-state index in [4.69, 9.17) is 4.74 Å². The molecule has 0 aromatic heterocycles. The number of carbonyl (C=O) groups excluding carboxylic acids is 1. The van der Waals surface area contributed by atoms with Crippen molar-refractivity contribution in [3.05, 3.63) is 0 Å². The molecule has 0 aliphatic carbocycles. The molecule has 6 nitrogen and oxygen atoms in total. The second-order valence-electron chi connectivity index (χ2n) is 3.33. The third kappa shape index (κ3) is 2.93. The Morgan fingerprint density at radius 2 is 2.21 bits per heavy atom. The van der Waals surface area contributed by atoms with Gasteiger partial charge in [-0.2, -0.15) is 0 Å². The number of carboxylic acid groups (broad SMARTS) is 1. The highest BCUT2D eigenvalue weighted by Crippen LogP contribution is 2.12. The molecule has 1 fully saturated rings. The van der Waals surface area contributed by atoms with Crippen molar-refractivity contribution in [2.45, 2.75) is 12.1 Å². The van der Waals surface area contributed by atoms with Crippen molar-refractivity contribution in [2.75, 3.05) is 25.2 Å². The lowest BCUT2D eigenvalue weighted by atomic mass is 10.2. The number of nitrogens with two attached hydrogens (primary N) is 1. The van der Waals surface area contributed by atoms with Crippen molar-refractivity contribution in [3.63, 3.8) is 0 Å². The van der Waals surface area contributed by atoms with E-state index < -0.39 is 21.9 Å². The van der Waals surface area contributed by atoms with Crippen molar-refractivity contribution in [2.24, 2.45) is 0 Å². The molecular formula is C7H13NO5S. The number of aliphatic carboxylic acids is 1. The van der Waals surface area contributed by atoms with Crippen LogP contribution in [0.4, 0.5) is 0 Å². The predicted molar refractivity (Wildman–Crippen MR) is 45.0 cm³/mol. The lowest BCUT2D eigenvalue weighted by molar-refractivity contribution is -0.685. The van der Waals surface area contributed by atoms with Crippen LogP contribution < -0.4 is 10.4 Å². The van der Waals surface area contributed by atoms with E-state index in [1.54, 1.807) is 0 Å². The van der Waals surface area contributed by atoms with Gasteiger partial charge in [0.1, 0.15) is 24.4 Å². The standard InChI is InChI=1S/C7H13NO5S/c1-13-6-4-14(11,12)3-5(6)8-2-7(9)10/h5-6,8H,2-4H2,1H3,(H,9,10)/t5-,6-/m0/s1. The van der Waals surface area contributed by atoms with Crippen LogP contribution in [0.1, 0.15) is 0 Å². The Bertz CT molecular complexity index is 312. The van der Waals surface area contributed by atoms with Crippen molar-refractivity contribution in [1.82, 2.24) is 0 Å². The number of hydrogen-bond donors (Lipinski definition) is 1. The van der Waals surface area contributed by atoms with Crippen LogP contribution in [0.5, 0.6) is 0 Å². The Hall–Kier alpha value is -0.660. The fraction of sp³-hybridized carbons (Fsp3) is 0.857. The van der Waals surface area contributed by atoms with Crippen molar-refractivity contribution < 1.29 is 28.4 Å². The molecule has 0 saturated carbocycles. The van der Waals surface area contributed by atoms with Gasteiger partial charge in [0.05, 0.1) is 11.7 Å². The van der Waals surface area contributed by atoms with Gasteiger partial charge in [-0.25, -0.2) is 8.42 Å². The summed E-state index contributed by atoms with van der Waals surface area (Å²) in [5.74, 6) is -1.26. The molecule has 14 heavy (non-hydrogen) atoms. The van der Waals surface area contributed by atoms with Crippen LogP contribution in [0.3, 0.4) is 0 Å². The summed E-state index contributed by atoms with van der Waals surface area (Å²) >= 11 is 0. The molecule has 0 aromatic rings. The van der Waals surface area contributed by atoms with Crippen LogP contribution >= 0.6 is 0 Å². The maximum atomic E-state index is 11.2. The average molecular weight is 223 g/mol. The summed E-state index contributed by atoms with van der Waals surface area (Å²) in [6.45, 7) is -0.236.